The van der Waals surface area contributed by atoms with E-state index >= 15 is 0 Å². The maximum absolute atomic E-state index is 2.26. The highest BCUT2D eigenvalue weighted by atomic mass is 13.9. The van der Waals surface area contributed by atoms with Crippen molar-refractivity contribution in [2.45, 2.75) is 98.3 Å². The van der Waals surface area contributed by atoms with Crippen LogP contribution in [0, 0.1) is 0 Å². The predicted molar refractivity (Wildman–Crippen MR) is 73.5 cm³/mol. The topological polar surface area (TPSA) is 0 Å². The summed E-state index contributed by atoms with van der Waals surface area (Å²) >= 11 is 0. The van der Waals surface area contributed by atoms with E-state index in [1.807, 2.05) is 0 Å². The van der Waals surface area contributed by atoms with Crippen molar-refractivity contribution in [1.82, 2.24) is 0 Å². The van der Waals surface area contributed by atoms with E-state index in [4.69, 9.17) is 0 Å². The maximum atomic E-state index is 2.26. The summed E-state index contributed by atoms with van der Waals surface area (Å²) in [6, 6.07) is 0. The molecule has 0 aliphatic rings. The molecule has 0 spiro atoms. The van der Waals surface area contributed by atoms with Gasteiger partial charge in [-0.05, 0) is 0 Å². The van der Waals surface area contributed by atoms with Crippen molar-refractivity contribution in [2.75, 3.05) is 0 Å². The van der Waals surface area contributed by atoms with Gasteiger partial charge in [0.15, 0.2) is 0 Å². The zero-order chi connectivity index (χ0) is 11.8. The molecule has 0 aromatic heterocycles. The highest BCUT2D eigenvalue weighted by Gasteiger charge is 1.83. The van der Waals surface area contributed by atoms with Gasteiger partial charge in [-0.15, -0.1) is 0 Å². The smallest absolute Gasteiger partial charge is 0.0533 e. The molecule has 0 atom stereocenters. The third kappa shape index (κ3) is 24.9. The first-order valence-electron chi connectivity index (χ1n) is 7.33. The molecule has 0 heterocycles. The molecule has 0 aromatic carbocycles. The Labute approximate surface area is 98.9 Å². The zero-order valence-electron chi connectivity index (χ0n) is 11.8. The van der Waals surface area contributed by atoms with Gasteiger partial charge in [-0.3, -0.25) is 0 Å². The molecule has 15 heavy (non-hydrogen) atoms. The van der Waals surface area contributed by atoms with E-state index in [9.17, 15) is 0 Å². The third-order valence-electron chi connectivity index (χ3n) is 2.66. The van der Waals surface area contributed by atoms with Crippen molar-refractivity contribution in [3.63, 3.8) is 0 Å². The molecule has 0 aliphatic carbocycles. The third-order valence-corrected chi connectivity index (χ3v) is 2.66. The van der Waals surface area contributed by atoms with E-state index in [1.165, 1.54) is 70.6 Å². The van der Waals surface area contributed by atoms with Crippen molar-refractivity contribution in [3.05, 3.63) is 0 Å². The van der Waals surface area contributed by atoms with Crippen LogP contribution in [-0.2, 0) is 0 Å². The van der Waals surface area contributed by atoms with Gasteiger partial charge < -0.3 is 0 Å². The summed E-state index contributed by atoms with van der Waals surface area (Å²) in [6.45, 7) is 9.00. The Morgan fingerprint density at radius 1 is 0.333 bits per heavy atom. The highest BCUT2D eigenvalue weighted by Crippen LogP contribution is 2.03. The van der Waals surface area contributed by atoms with Crippen LogP contribution in [0.4, 0.5) is 0 Å². The summed E-state index contributed by atoms with van der Waals surface area (Å²) in [6.07, 6.45) is 15.5. The Morgan fingerprint density at radius 3 is 0.733 bits per heavy atom. The number of hydrogen-bond donors (Lipinski definition) is 0. The van der Waals surface area contributed by atoms with Crippen molar-refractivity contribution in [2.24, 2.45) is 0 Å². The molecule has 94 valence electrons. The molecule has 0 fully saturated rings. The summed E-state index contributed by atoms with van der Waals surface area (Å²) in [5.74, 6) is 0. The SMILES string of the molecule is CCCCCCC.CCCCCCCC. The molecule has 0 unspecified atom stereocenters. The second-order valence-corrected chi connectivity index (χ2v) is 4.47. The monoisotopic (exact) mass is 214 g/mol. The fourth-order valence-electron chi connectivity index (χ4n) is 1.53. The second kappa shape index (κ2) is 19.6. The minimum atomic E-state index is 1.36. The molecule has 0 nitrogen and oxygen atoms in total. The summed E-state index contributed by atoms with van der Waals surface area (Å²) in [4.78, 5) is 0. The Bertz CT molecular complexity index is 66.1. The molecule has 0 saturated carbocycles. The van der Waals surface area contributed by atoms with Gasteiger partial charge in [0, 0.05) is 0 Å². The minimum absolute atomic E-state index is 1.36. The molecule has 0 saturated heterocycles. The first-order valence-corrected chi connectivity index (χ1v) is 7.33. The molecule has 0 aromatic rings. The average molecular weight is 214 g/mol. The van der Waals surface area contributed by atoms with Crippen LogP contribution in [0.25, 0.3) is 0 Å². The minimum Gasteiger partial charge on any atom is -0.0654 e. The molecular weight excluding hydrogens is 180 g/mol. The van der Waals surface area contributed by atoms with Gasteiger partial charge in [-0.2, -0.15) is 0 Å². The normalized spacial score (nSPS) is 9.60. The molecule has 0 radical (unpaired) electrons. The first-order chi connectivity index (χ1) is 7.33. The lowest BCUT2D eigenvalue weighted by Crippen LogP contribution is -1.73. The maximum Gasteiger partial charge on any atom is -0.0533 e. The zero-order valence-corrected chi connectivity index (χ0v) is 11.8. The van der Waals surface area contributed by atoms with Crippen LogP contribution in [0.5, 0.6) is 0 Å². The Hall–Kier alpha value is 0. The molecule has 0 amide bonds. The molecule has 0 bridgehead atoms. The van der Waals surface area contributed by atoms with Gasteiger partial charge in [-0.25, -0.2) is 0 Å². The van der Waals surface area contributed by atoms with Gasteiger partial charge in [0.1, 0.15) is 0 Å². The van der Waals surface area contributed by atoms with Crippen molar-refractivity contribution in [3.8, 4) is 0 Å². The van der Waals surface area contributed by atoms with Gasteiger partial charge in [-0.1, -0.05) is 98.3 Å². The van der Waals surface area contributed by atoms with Crippen molar-refractivity contribution in [1.29, 1.82) is 0 Å². The highest BCUT2D eigenvalue weighted by molar-refractivity contribution is 4.39. The average Bonchev–Trinajstić information content (AvgIpc) is 2.26. The van der Waals surface area contributed by atoms with Crippen LogP contribution >= 0.6 is 0 Å². The Morgan fingerprint density at radius 2 is 0.533 bits per heavy atom. The van der Waals surface area contributed by atoms with Crippen LogP contribution in [0.3, 0.4) is 0 Å². The standard InChI is InChI=1S/C8H18.C7H16/c1-3-5-7-8-6-4-2;1-3-5-7-6-4-2/h3-8H2,1-2H3;3-7H2,1-2H3. The van der Waals surface area contributed by atoms with E-state index in [0.717, 1.165) is 0 Å². The van der Waals surface area contributed by atoms with E-state index in [2.05, 4.69) is 27.7 Å². The molecule has 0 N–H and O–H groups in total. The molecule has 0 heteroatoms. The van der Waals surface area contributed by atoms with E-state index in [-0.39, 0.29) is 0 Å². The quantitative estimate of drug-likeness (QED) is 0.393. The fraction of sp³-hybridized carbons (Fsp3) is 1.00. The van der Waals surface area contributed by atoms with E-state index in [1.54, 1.807) is 0 Å². The van der Waals surface area contributed by atoms with E-state index < -0.39 is 0 Å². The summed E-state index contributed by atoms with van der Waals surface area (Å²) in [5.41, 5.74) is 0. The fourth-order valence-corrected chi connectivity index (χ4v) is 1.53. The lowest BCUT2D eigenvalue weighted by Gasteiger charge is -1.93. The summed E-state index contributed by atoms with van der Waals surface area (Å²) in [7, 11) is 0. The molecule has 0 aliphatic heterocycles. The van der Waals surface area contributed by atoms with Crippen molar-refractivity contribution >= 4 is 0 Å². The first kappa shape index (κ1) is 17.4. The van der Waals surface area contributed by atoms with Crippen molar-refractivity contribution < 1.29 is 0 Å². The second-order valence-electron chi connectivity index (χ2n) is 4.47. The van der Waals surface area contributed by atoms with Crippen LogP contribution < -0.4 is 0 Å². The lowest BCUT2D eigenvalue weighted by atomic mass is 10.1. The number of hydrogen-bond acceptors (Lipinski definition) is 0. The number of rotatable bonds is 9. The van der Waals surface area contributed by atoms with Gasteiger partial charge in [0.25, 0.3) is 0 Å². The van der Waals surface area contributed by atoms with Crippen LogP contribution in [0.2, 0.25) is 0 Å². The molecule has 0 rings (SSSR count). The van der Waals surface area contributed by atoms with Crippen LogP contribution in [-0.4, -0.2) is 0 Å². The number of unbranched alkanes of at least 4 members (excludes halogenated alkanes) is 9. The van der Waals surface area contributed by atoms with Gasteiger partial charge in [0.2, 0.25) is 0 Å². The molecular formula is C15H34. The predicted octanol–water partition coefficient (Wildman–Crippen LogP) is 6.34. The summed E-state index contributed by atoms with van der Waals surface area (Å²) in [5, 5.41) is 0. The largest absolute Gasteiger partial charge is 0.0654 e. The van der Waals surface area contributed by atoms with Gasteiger partial charge >= 0.3 is 0 Å². The van der Waals surface area contributed by atoms with Crippen LogP contribution in [0.15, 0.2) is 0 Å². The van der Waals surface area contributed by atoms with Crippen LogP contribution in [0.1, 0.15) is 98.3 Å². The van der Waals surface area contributed by atoms with E-state index in [0.29, 0.717) is 0 Å². The summed E-state index contributed by atoms with van der Waals surface area (Å²) < 4.78 is 0. The Balaban J connectivity index is 0. The van der Waals surface area contributed by atoms with Gasteiger partial charge in [0.05, 0.1) is 0 Å². The Kier molecular flexibility index (Phi) is 22.7. The lowest BCUT2D eigenvalue weighted by molar-refractivity contribution is 0.624.